The lowest BCUT2D eigenvalue weighted by Crippen LogP contribution is -2.21. The quantitative estimate of drug-likeness (QED) is 0.575. The van der Waals surface area contributed by atoms with Crippen molar-refractivity contribution in [1.29, 1.82) is 5.26 Å². The second-order valence-corrected chi connectivity index (χ2v) is 4.79. The molecule has 1 amide bonds. The average molecular weight is 275 g/mol. The Balaban J connectivity index is 2.10. The number of rotatable bonds is 2. The van der Waals surface area contributed by atoms with Crippen molar-refractivity contribution in [1.82, 2.24) is 9.88 Å². The van der Waals surface area contributed by atoms with E-state index in [1.54, 1.807) is 6.07 Å². The Hall–Kier alpha value is -3.06. The highest BCUT2D eigenvalue weighted by Crippen LogP contribution is 2.28. The lowest BCUT2D eigenvalue weighted by atomic mass is 9.99. The summed E-state index contributed by atoms with van der Waals surface area (Å²) >= 11 is 0. The molecule has 0 bridgehead atoms. The van der Waals surface area contributed by atoms with Crippen molar-refractivity contribution in [2.75, 3.05) is 7.05 Å². The van der Waals surface area contributed by atoms with Crippen LogP contribution in [0.1, 0.15) is 10.4 Å². The van der Waals surface area contributed by atoms with Gasteiger partial charge in [0.1, 0.15) is 0 Å². The van der Waals surface area contributed by atoms with Crippen molar-refractivity contribution in [3.8, 4) is 17.3 Å². The van der Waals surface area contributed by atoms with E-state index in [9.17, 15) is 4.79 Å². The topological polar surface area (TPSA) is 59.9 Å². The van der Waals surface area contributed by atoms with Gasteiger partial charge in [0.05, 0.1) is 0 Å². The van der Waals surface area contributed by atoms with Crippen molar-refractivity contribution >= 4 is 16.8 Å². The van der Waals surface area contributed by atoms with E-state index < -0.39 is 0 Å². The first kappa shape index (κ1) is 12.9. The van der Waals surface area contributed by atoms with Gasteiger partial charge in [0.2, 0.25) is 0 Å². The molecular formula is C17H13N3O. The first-order chi connectivity index (χ1) is 10.2. The van der Waals surface area contributed by atoms with Gasteiger partial charge in [0.15, 0.2) is 6.19 Å². The smallest absolute Gasteiger partial charge is 0.266 e. The molecule has 0 saturated heterocycles. The molecule has 0 radical (unpaired) electrons. The molecule has 1 aromatic heterocycles. The van der Waals surface area contributed by atoms with Crippen LogP contribution >= 0.6 is 0 Å². The van der Waals surface area contributed by atoms with Gasteiger partial charge in [-0.3, -0.25) is 4.79 Å². The van der Waals surface area contributed by atoms with E-state index in [4.69, 9.17) is 5.26 Å². The van der Waals surface area contributed by atoms with Gasteiger partial charge in [-0.25, -0.2) is 4.90 Å². The molecule has 2 aromatic carbocycles. The molecule has 0 aliphatic carbocycles. The first-order valence-corrected chi connectivity index (χ1v) is 6.55. The Morgan fingerprint density at radius 1 is 1.19 bits per heavy atom. The summed E-state index contributed by atoms with van der Waals surface area (Å²) in [4.78, 5) is 16.3. The normalized spacial score (nSPS) is 10.3. The van der Waals surface area contributed by atoms with Crippen LogP contribution in [-0.4, -0.2) is 22.8 Å². The summed E-state index contributed by atoms with van der Waals surface area (Å²) in [6, 6.07) is 15.4. The molecule has 0 fully saturated rings. The van der Waals surface area contributed by atoms with Crippen LogP contribution in [0, 0.1) is 11.5 Å². The summed E-state index contributed by atoms with van der Waals surface area (Å²) in [5.74, 6) is -0.305. The molecule has 0 spiro atoms. The highest BCUT2D eigenvalue weighted by atomic mass is 16.2. The zero-order valence-electron chi connectivity index (χ0n) is 11.5. The fourth-order valence-corrected chi connectivity index (χ4v) is 2.40. The number of nitrogens with one attached hydrogen (secondary N) is 1. The molecule has 102 valence electrons. The molecule has 1 heterocycles. The van der Waals surface area contributed by atoms with E-state index in [1.807, 2.05) is 54.9 Å². The second kappa shape index (κ2) is 5.14. The van der Waals surface area contributed by atoms with Crippen molar-refractivity contribution in [3.05, 3.63) is 60.3 Å². The molecule has 21 heavy (non-hydrogen) atoms. The fourth-order valence-electron chi connectivity index (χ4n) is 2.40. The molecule has 4 nitrogen and oxygen atoms in total. The minimum absolute atomic E-state index is 0.305. The number of H-pyrrole nitrogens is 1. The lowest BCUT2D eigenvalue weighted by molar-refractivity contribution is 0.0858. The summed E-state index contributed by atoms with van der Waals surface area (Å²) in [5.41, 5.74) is 3.57. The number of aromatic nitrogens is 1. The van der Waals surface area contributed by atoms with Crippen LogP contribution in [0.3, 0.4) is 0 Å². The average Bonchev–Trinajstić information content (AvgIpc) is 3.02. The molecular weight excluding hydrogens is 262 g/mol. The van der Waals surface area contributed by atoms with Crippen molar-refractivity contribution < 1.29 is 4.79 Å². The number of fused-ring (bicyclic) bond motifs is 1. The Labute approximate surface area is 122 Å². The standard InChI is InChI=1S/C17H13N3O/c1-20(11-18)17(21)13-5-2-4-12(10-13)14-6-3-7-16-15(14)8-9-19-16/h2-10,19H,1H3. The van der Waals surface area contributed by atoms with Crippen LogP contribution in [0.25, 0.3) is 22.0 Å². The molecule has 1 N–H and O–H groups in total. The molecule has 0 saturated carbocycles. The number of carbonyl (C=O) groups excluding carboxylic acids is 1. The number of benzene rings is 2. The van der Waals surface area contributed by atoms with Gasteiger partial charge in [-0.15, -0.1) is 0 Å². The van der Waals surface area contributed by atoms with Crippen LogP contribution in [0.4, 0.5) is 0 Å². The molecule has 3 aromatic rings. The van der Waals surface area contributed by atoms with E-state index >= 15 is 0 Å². The minimum atomic E-state index is -0.305. The number of nitriles is 1. The largest absolute Gasteiger partial charge is 0.361 e. The Morgan fingerprint density at radius 2 is 2.00 bits per heavy atom. The monoisotopic (exact) mass is 275 g/mol. The van der Waals surface area contributed by atoms with Crippen LogP contribution in [0.2, 0.25) is 0 Å². The van der Waals surface area contributed by atoms with Gasteiger partial charge in [-0.2, -0.15) is 5.26 Å². The Morgan fingerprint density at radius 3 is 2.81 bits per heavy atom. The van der Waals surface area contributed by atoms with Gasteiger partial charge in [-0.05, 0) is 35.4 Å². The first-order valence-electron chi connectivity index (χ1n) is 6.55. The highest BCUT2D eigenvalue weighted by molar-refractivity contribution is 5.99. The molecule has 0 unspecified atom stereocenters. The van der Waals surface area contributed by atoms with Gasteiger partial charge < -0.3 is 4.98 Å². The van der Waals surface area contributed by atoms with E-state index in [2.05, 4.69) is 4.98 Å². The lowest BCUT2D eigenvalue weighted by Gasteiger charge is -2.09. The summed E-state index contributed by atoms with van der Waals surface area (Å²) in [6.45, 7) is 0. The van der Waals surface area contributed by atoms with E-state index in [0.717, 1.165) is 26.9 Å². The van der Waals surface area contributed by atoms with E-state index in [0.29, 0.717) is 5.56 Å². The van der Waals surface area contributed by atoms with Crippen LogP contribution in [-0.2, 0) is 0 Å². The zero-order valence-corrected chi connectivity index (χ0v) is 11.5. The SMILES string of the molecule is CN(C#N)C(=O)c1cccc(-c2cccc3[nH]ccc23)c1. The number of nitrogens with zero attached hydrogens (tertiary/aromatic N) is 2. The third kappa shape index (κ3) is 2.26. The Kier molecular flexibility index (Phi) is 3.17. The number of amides is 1. The number of hydrogen-bond donors (Lipinski definition) is 1. The van der Waals surface area contributed by atoms with Crippen molar-refractivity contribution in [2.45, 2.75) is 0 Å². The van der Waals surface area contributed by atoms with E-state index in [-0.39, 0.29) is 5.91 Å². The van der Waals surface area contributed by atoms with Crippen LogP contribution in [0.5, 0.6) is 0 Å². The summed E-state index contributed by atoms with van der Waals surface area (Å²) in [7, 11) is 1.46. The van der Waals surface area contributed by atoms with Crippen molar-refractivity contribution in [3.63, 3.8) is 0 Å². The zero-order chi connectivity index (χ0) is 14.8. The maximum Gasteiger partial charge on any atom is 0.266 e. The predicted molar refractivity (Wildman–Crippen MR) is 81.4 cm³/mol. The van der Waals surface area contributed by atoms with Gasteiger partial charge >= 0.3 is 0 Å². The van der Waals surface area contributed by atoms with Gasteiger partial charge in [-0.1, -0.05) is 24.3 Å². The number of hydrogen-bond acceptors (Lipinski definition) is 2. The van der Waals surface area contributed by atoms with E-state index in [1.165, 1.54) is 7.05 Å². The van der Waals surface area contributed by atoms with Crippen LogP contribution < -0.4 is 0 Å². The predicted octanol–water partition coefficient (Wildman–Crippen LogP) is 3.39. The number of aromatic amines is 1. The highest BCUT2D eigenvalue weighted by Gasteiger charge is 2.12. The van der Waals surface area contributed by atoms with Crippen molar-refractivity contribution in [2.24, 2.45) is 0 Å². The molecule has 0 aliphatic rings. The Bertz CT molecular complexity index is 858. The third-order valence-corrected chi connectivity index (χ3v) is 3.47. The summed E-state index contributed by atoms with van der Waals surface area (Å²) < 4.78 is 0. The molecule has 0 aliphatic heterocycles. The summed E-state index contributed by atoms with van der Waals surface area (Å²) in [6.07, 6.45) is 3.72. The fraction of sp³-hybridized carbons (Fsp3) is 0.0588. The number of carbonyl (C=O) groups is 1. The van der Waals surface area contributed by atoms with Gasteiger partial charge in [0, 0.05) is 29.7 Å². The second-order valence-electron chi connectivity index (χ2n) is 4.79. The van der Waals surface area contributed by atoms with Crippen LogP contribution in [0.15, 0.2) is 54.7 Å². The molecule has 4 heteroatoms. The van der Waals surface area contributed by atoms with Gasteiger partial charge in [0.25, 0.3) is 5.91 Å². The maximum atomic E-state index is 12.1. The molecule has 0 atom stereocenters. The molecule has 3 rings (SSSR count). The third-order valence-electron chi connectivity index (χ3n) is 3.47. The summed E-state index contributed by atoms with van der Waals surface area (Å²) in [5, 5.41) is 9.92. The minimum Gasteiger partial charge on any atom is -0.361 e. The maximum absolute atomic E-state index is 12.1.